The quantitative estimate of drug-likeness (QED) is 0.837. The Hall–Kier alpha value is -2.65. The molecule has 2 aromatic rings. The van der Waals surface area contributed by atoms with E-state index in [0.29, 0.717) is 24.0 Å². The van der Waals surface area contributed by atoms with Crippen molar-refractivity contribution < 1.29 is 13.2 Å². The minimum atomic E-state index is -3.81. The van der Waals surface area contributed by atoms with Crippen LogP contribution in [0.15, 0.2) is 54.6 Å². The first kappa shape index (κ1) is 17.7. The summed E-state index contributed by atoms with van der Waals surface area (Å²) in [5, 5.41) is 8.99. The first-order valence-electron chi connectivity index (χ1n) is 7.55. The normalized spacial score (nSPS) is 10.8. The van der Waals surface area contributed by atoms with Crippen LogP contribution in [-0.4, -0.2) is 14.3 Å². The van der Waals surface area contributed by atoms with Crippen molar-refractivity contribution in [2.45, 2.75) is 25.0 Å². The topological polar surface area (TPSA) is 87.0 Å². The Kier molecular flexibility index (Phi) is 6.10. The zero-order chi connectivity index (χ0) is 17.4. The molecule has 124 valence electrons. The van der Waals surface area contributed by atoms with Gasteiger partial charge in [0.15, 0.2) is 0 Å². The van der Waals surface area contributed by atoms with Crippen LogP contribution in [0.1, 0.15) is 29.5 Å². The van der Waals surface area contributed by atoms with Gasteiger partial charge in [0.2, 0.25) is 15.9 Å². The summed E-state index contributed by atoms with van der Waals surface area (Å²) in [6, 6.07) is 18.1. The molecule has 1 N–H and O–H groups in total. The van der Waals surface area contributed by atoms with Crippen LogP contribution < -0.4 is 4.72 Å². The van der Waals surface area contributed by atoms with E-state index >= 15 is 0 Å². The van der Waals surface area contributed by atoms with Crippen LogP contribution in [0.25, 0.3) is 0 Å². The van der Waals surface area contributed by atoms with Crippen molar-refractivity contribution >= 4 is 15.9 Å². The highest BCUT2D eigenvalue weighted by molar-refractivity contribution is 7.89. The number of aryl methyl sites for hydroxylation is 1. The highest BCUT2D eigenvalue weighted by Gasteiger charge is 2.17. The summed E-state index contributed by atoms with van der Waals surface area (Å²) >= 11 is 0. The van der Waals surface area contributed by atoms with Gasteiger partial charge in [-0.2, -0.15) is 5.26 Å². The summed E-state index contributed by atoms with van der Waals surface area (Å²) in [7, 11) is -3.81. The van der Waals surface area contributed by atoms with Crippen LogP contribution in [0.5, 0.6) is 0 Å². The Balaban J connectivity index is 1.87. The highest BCUT2D eigenvalue weighted by Crippen LogP contribution is 2.11. The van der Waals surface area contributed by atoms with Gasteiger partial charge in [0.25, 0.3) is 0 Å². The van der Waals surface area contributed by atoms with Crippen LogP contribution in [0, 0.1) is 11.3 Å². The summed E-state index contributed by atoms with van der Waals surface area (Å²) in [6.07, 6.45) is 1.42. The molecule has 0 aliphatic carbocycles. The van der Waals surface area contributed by atoms with Crippen LogP contribution in [-0.2, 0) is 27.0 Å². The van der Waals surface area contributed by atoms with Gasteiger partial charge in [-0.25, -0.2) is 8.42 Å². The van der Waals surface area contributed by atoms with E-state index in [2.05, 4.69) is 4.72 Å². The monoisotopic (exact) mass is 342 g/mol. The number of hydrogen-bond donors (Lipinski definition) is 1. The van der Waals surface area contributed by atoms with Gasteiger partial charge < -0.3 is 0 Å². The zero-order valence-electron chi connectivity index (χ0n) is 13.1. The predicted molar refractivity (Wildman–Crippen MR) is 91.3 cm³/mol. The minimum absolute atomic E-state index is 0.133. The molecule has 2 rings (SSSR count). The average molecular weight is 342 g/mol. The molecule has 5 nitrogen and oxygen atoms in total. The van der Waals surface area contributed by atoms with Crippen molar-refractivity contribution in [3.05, 3.63) is 71.3 Å². The Morgan fingerprint density at radius 1 is 1.04 bits per heavy atom. The summed E-state index contributed by atoms with van der Waals surface area (Å²) in [6.45, 7) is 0. The second-order valence-electron chi connectivity index (χ2n) is 5.39. The number of rotatable bonds is 7. The Labute approximate surface area is 142 Å². The third-order valence-electron chi connectivity index (χ3n) is 3.46. The van der Waals surface area contributed by atoms with Gasteiger partial charge in [-0.15, -0.1) is 0 Å². The largest absolute Gasteiger partial charge is 0.274 e. The second kappa shape index (κ2) is 8.27. The maximum atomic E-state index is 12.1. The molecular weight excluding hydrogens is 324 g/mol. The van der Waals surface area contributed by atoms with Crippen LogP contribution in [0.3, 0.4) is 0 Å². The van der Waals surface area contributed by atoms with Gasteiger partial charge in [-0.3, -0.25) is 9.52 Å². The molecule has 0 heterocycles. The first-order valence-corrected chi connectivity index (χ1v) is 9.20. The molecule has 2 aromatic carbocycles. The predicted octanol–water partition coefficient (Wildman–Crippen LogP) is 2.53. The van der Waals surface area contributed by atoms with E-state index in [1.807, 2.05) is 36.4 Å². The van der Waals surface area contributed by atoms with Gasteiger partial charge in [0.1, 0.15) is 0 Å². The summed E-state index contributed by atoms with van der Waals surface area (Å²) in [4.78, 5) is 11.8. The summed E-state index contributed by atoms with van der Waals surface area (Å²) < 4.78 is 26.2. The summed E-state index contributed by atoms with van der Waals surface area (Å²) in [5.41, 5.74) is 1.78. The SMILES string of the molecule is N#Cc1ccccc1CS(=O)(=O)NC(=O)CCCc1ccccc1. The lowest BCUT2D eigenvalue weighted by Gasteiger charge is -2.08. The summed E-state index contributed by atoms with van der Waals surface area (Å²) in [5.74, 6) is -0.915. The lowest BCUT2D eigenvalue weighted by molar-refractivity contribution is -0.119. The Bertz CT molecular complexity index is 840. The fourth-order valence-electron chi connectivity index (χ4n) is 2.32. The number of carbonyl (C=O) groups excluding carboxylic acids is 1. The molecule has 0 atom stereocenters. The Morgan fingerprint density at radius 3 is 2.42 bits per heavy atom. The van der Waals surface area contributed by atoms with Crippen molar-refractivity contribution in [2.75, 3.05) is 0 Å². The number of hydrogen-bond acceptors (Lipinski definition) is 4. The molecule has 24 heavy (non-hydrogen) atoms. The van der Waals surface area contributed by atoms with Crippen molar-refractivity contribution in [3.8, 4) is 6.07 Å². The van der Waals surface area contributed by atoms with E-state index < -0.39 is 15.9 Å². The fourth-order valence-corrected chi connectivity index (χ4v) is 3.50. The molecule has 0 bridgehead atoms. The van der Waals surface area contributed by atoms with E-state index in [0.717, 1.165) is 5.56 Å². The molecule has 0 spiro atoms. The van der Waals surface area contributed by atoms with Crippen molar-refractivity contribution in [1.82, 2.24) is 4.72 Å². The van der Waals surface area contributed by atoms with Crippen LogP contribution >= 0.6 is 0 Å². The highest BCUT2D eigenvalue weighted by atomic mass is 32.2. The third-order valence-corrected chi connectivity index (χ3v) is 4.69. The Morgan fingerprint density at radius 2 is 1.71 bits per heavy atom. The standard InChI is InChI=1S/C18H18N2O3S/c19-13-16-10-4-5-11-17(16)14-24(22,23)20-18(21)12-6-9-15-7-2-1-3-8-15/h1-5,7-8,10-11H,6,9,12,14H2,(H,20,21). The van der Waals surface area contributed by atoms with Gasteiger partial charge in [0.05, 0.1) is 17.4 Å². The van der Waals surface area contributed by atoms with E-state index in [4.69, 9.17) is 5.26 Å². The second-order valence-corrected chi connectivity index (χ2v) is 7.11. The number of nitrogens with zero attached hydrogens (tertiary/aromatic N) is 1. The van der Waals surface area contributed by atoms with E-state index in [1.165, 1.54) is 0 Å². The maximum Gasteiger partial charge on any atom is 0.239 e. The minimum Gasteiger partial charge on any atom is -0.274 e. The first-order chi connectivity index (χ1) is 11.5. The van der Waals surface area contributed by atoms with Gasteiger partial charge in [-0.1, -0.05) is 48.5 Å². The number of benzene rings is 2. The number of carbonyl (C=O) groups is 1. The molecule has 0 fully saturated rings. The number of nitriles is 1. The van der Waals surface area contributed by atoms with Gasteiger partial charge in [0, 0.05) is 6.42 Å². The smallest absolute Gasteiger partial charge is 0.239 e. The zero-order valence-corrected chi connectivity index (χ0v) is 13.9. The number of amides is 1. The molecule has 0 saturated heterocycles. The molecule has 0 unspecified atom stereocenters. The van der Waals surface area contributed by atoms with E-state index in [1.54, 1.807) is 24.3 Å². The van der Waals surface area contributed by atoms with E-state index in [9.17, 15) is 13.2 Å². The van der Waals surface area contributed by atoms with Gasteiger partial charge >= 0.3 is 0 Å². The molecular formula is C18H18N2O3S. The lowest BCUT2D eigenvalue weighted by atomic mass is 10.1. The molecule has 0 aliphatic rings. The number of nitrogens with one attached hydrogen (secondary N) is 1. The number of sulfonamides is 1. The molecule has 0 aromatic heterocycles. The molecule has 1 amide bonds. The van der Waals surface area contributed by atoms with Crippen molar-refractivity contribution in [3.63, 3.8) is 0 Å². The fraction of sp³-hybridized carbons (Fsp3) is 0.222. The molecule has 0 radical (unpaired) electrons. The lowest BCUT2D eigenvalue weighted by Crippen LogP contribution is -2.31. The third kappa shape index (κ3) is 5.52. The van der Waals surface area contributed by atoms with E-state index in [-0.39, 0.29) is 12.2 Å². The van der Waals surface area contributed by atoms with Crippen LogP contribution in [0.4, 0.5) is 0 Å². The van der Waals surface area contributed by atoms with Crippen molar-refractivity contribution in [2.24, 2.45) is 0 Å². The molecule has 0 aliphatic heterocycles. The average Bonchev–Trinajstić information content (AvgIpc) is 2.55. The molecule has 6 heteroatoms. The van der Waals surface area contributed by atoms with Gasteiger partial charge in [-0.05, 0) is 30.0 Å². The van der Waals surface area contributed by atoms with Crippen molar-refractivity contribution in [1.29, 1.82) is 5.26 Å². The maximum absolute atomic E-state index is 12.1. The van der Waals surface area contributed by atoms with Crippen LogP contribution in [0.2, 0.25) is 0 Å². The molecule has 0 saturated carbocycles.